The van der Waals surface area contributed by atoms with Crippen LogP contribution >= 0.6 is 0 Å². The maximum atomic E-state index is 12.1. The molecule has 2 aromatic carbocycles. The van der Waals surface area contributed by atoms with Crippen molar-refractivity contribution in [3.05, 3.63) is 65.7 Å². The minimum atomic E-state index is -0.357. The maximum absolute atomic E-state index is 12.1. The lowest BCUT2D eigenvalue weighted by Gasteiger charge is -2.16. The lowest BCUT2D eigenvalue weighted by Crippen LogP contribution is -2.27. The smallest absolute Gasteiger partial charge is 0.415 e. The first-order valence-corrected chi connectivity index (χ1v) is 8.21. The van der Waals surface area contributed by atoms with Gasteiger partial charge in [0.1, 0.15) is 12.3 Å². The Morgan fingerprint density at radius 2 is 1.84 bits per heavy atom. The van der Waals surface area contributed by atoms with Crippen LogP contribution in [0.5, 0.6) is 0 Å². The summed E-state index contributed by atoms with van der Waals surface area (Å²) in [4.78, 5) is 13.8. The summed E-state index contributed by atoms with van der Waals surface area (Å²) in [5.41, 5.74) is 3.88. The number of carbonyl (C=O) groups excluding carboxylic acids is 1. The van der Waals surface area contributed by atoms with Crippen LogP contribution in [0.25, 0.3) is 11.3 Å². The molecule has 6 heteroatoms. The Kier molecular flexibility index (Phi) is 3.93. The number of nitrogens with zero attached hydrogens (tertiary/aromatic N) is 4. The Labute approximate surface area is 145 Å². The van der Waals surface area contributed by atoms with Crippen molar-refractivity contribution in [2.24, 2.45) is 0 Å². The monoisotopic (exact) mass is 334 g/mol. The number of amides is 1. The third kappa shape index (κ3) is 2.98. The fourth-order valence-electron chi connectivity index (χ4n) is 2.92. The Hall–Kier alpha value is -3.15. The Morgan fingerprint density at radius 3 is 2.52 bits per heavy atom. The zero-order valence-electron chi connectivity index (χ0n) is 13.9. The molecule has 1 aromatic heterocycles. The number of hydrogen-bond acceptors (Lipinski definition) is 4. The van der Waals surface area contributed by atoms with E-state index in [2.05, 4.69) is 10.3 Å². The molecule has 0 saturated carbocycles. The molecule has 1 aliphatic rings. The molecule has 4 rings (SSSR count). The van der Waals surface area contributed by atoms with E-state index in [0.717, 1.165) is 11.1 Å². The minimum absolute atomic E-state index is 0.357. The number of aromatic nitrogens is 3. The van der Waals surface area contributed by atoms with E-state index in [1.165, 1.54) is 5.56 Å². The molecule has 0 bridgehead atoms. The van der Waals surface area contributed by atoms with Crippen LogP contribution in [0.3, 0.4) is 0 Å². The number of benzene rings is 2. The van der Waals surface area contributed by atoms with Crippen LogP contribution in [-0.2, 0) is 11.3 Å². The summed E-state index contributed by atoms with van der Waals surface area (Å²) in [5.74, 6) is 0.676. The zero-order chi connectivity index (χ0) is 17.2. The predicted octanol–water partition coefficient (Wildman–Crippen LogP) is 3.26. The fraction of sp³-hybridized carbons (Fsp3) is 0.211. The molecule has 0 atom stereocenters. The Bertz CT molecular complexity index is 888. The quantitative estimate of drug-likeness (QED) is 0.735. The number of rotatable bonds is 4. The van der Waals surface area contributed by atoms with Crippen molar-refractivity contribution in [1.29, 1.82) is 0 Å². The summed E-state index contributed by atoms with van der Waals surface area (Å²) < 4.78 is 6.88. The van der Waals surface area contributed by atoms with Crippen molar-refractivity contribution in [3.63, 3.8) is 0 Å². The van der Waals surface area contributed by atoms with Gasteiger partial charge in [-0.2, -0.15) is 0 Å². The van der Waals surface area contributed by atoms with Crippen molar-refractivity contribution < 1.29 is 9.53 Å². The first kappa shape index (κ1) is 15.4. The SMILES string of the molecule is Cc1ccc(-c2nnn(Cc3ccccc3)c2N2CCOC2=O)cc1. The van der Waals surface area contributed by atoms with Crippen LogP contribution < -0.4 is 4.90 Å². The normalized spacial score (nSPS) is 14.0. The zero-order valence-corrected chi connectivity index (χ0v) is 13.9. The molecule has 0 N–H and O–H groups in total. The van der Waals surface area contributed by atoms with Crippen LogP contribution in [-0.4, -0.2) is 34.2 Å². The first-order valence-electron chi connectivity index (χ1n) is 8.21. The molecule has 1 amide bonds. The maximum Gasteiger partial charge on any atom is 0.415 e. The van der Waals surface area contributed by atoms with Gasteiger partial charge >= 0.3 is 6.09 Å². The van der Waals surface area contributed by atoms with Crippen molar-refractivity contribution in [2.45, 2.75) is 13.5 Å². The van der Waals surface area contributed by atoms with Gasteiger partial charge in [-0.25, -0.2) is 9.48 Å². The summed E-state index contributed by atoms with van der Waals surface area (Å²) in [6, 6.07) is 18.0. The van der Waals surface area contributed by atoms with E-state index >= 15 is 0 Å². The van der Waals surface area contributed by atoms with Crippen molar-refractivity contribution in [3.8, 4) is 11.3 Å². The van der Waals surface area contributed by atoms with Gasteiger partial charge in [0.15, 0.2) is 5.82 Å². The molecular formula is C19H18N4O2. The van der Waals surface area contributed by atoms with E-state index in [1.54, 1.807) is 9.58 Å². The van der Waals surface area contributed by atoms with Gasteiger partial charge in [-0.15, -0.1) is 5.10 Å². The lowest BCUT2D eigenvalue weighted by molar-refractivity contribution is 0.181. The summed E-state index contributed by atoms with van der Waals surface area (Å²) in [6.07, 6.45) is -0.357. The number of anilines is 1. The lowest BCUT2D eigenvalue weighted by atomic mass is 10.1. The third-order valence-corrected chi connectivity index (χ3v) is 4.23. The molecule has 1 aliphatic heterocycles. The molecule has 0 unspecified atom stereocenters. The van der Waals surface area contributed by atoms with Crippen molar-refractivity contribution in [2.75, 3.05) is 18.1 Å². The molecule has 2 heterocycles. The number of aryl methyl sites for hydroxylation is 1. The highest BCUT2D eigenvalue weighted by atomic mass is 16.6. The van der Waals surface area contributed by atoms with Crippen LogP contribution in [0.15, 0.2) is 54.6 Å². The second-order valence-electron chi connectivity index (χ2n) is 6.04. The van der Waals surface area contributed by atoms with Gasteiger partial charge in [-0.3, -0.25) is 4.90 Å². The van der Waals surface area contributed by atoms with Crippen molar-refractivity contribution in [1.82, 2.24) is 15.0 Å². The van der Waals surface area contributed by atoms with Gasteiger partial charge in [-0.05, 0) is 12.5 Å². The highest BCUT2D eigenvalue weighted by Crippen LogP contribution is 2.31. The number of carbonyl (C=O) groups is 1. The molecule has 3 aromatic rings. The van der Waals surface area contributed by atoms with Crippen LogP contribution in [0.4, 0.5) is 10.6 Å². The average Bonchev–Trinajstić information content (AvgIpc) is 3.22. The fourth-order valence-corrected chi connectivity index (χ4v) is 2.92. The molecule has 0 aliphatic carbocycles. The van der Waals surface area contributed by atoms with Gasteiger partial charge < -0.3 is 4.74 Å². The molecule has 126 valence electrons. The third-order valence-electron chi connectivity index (χ3n) is 4.23. The molecule has 0 spiro atoms. The Balaban J connectivity index is 1.79. The highest BCUT2D eigenvalue weighted by molar-refractivity contribution is 5.92. The summed E-state index contributed by atoms with van der Waals surface area (Å²) >= 11 is 0. The van der Waals surface area contributed by atoms with E-state index in [4.69, 9.17) is 4.74 Å². The van der Waals surface area contributed by atoms with Crippen LogP contribution in [0.1, 0.15) is 11.1 Å². The van der Waals surface area contributed by atoms with E-state index in [1.807, 2.05) is 61.5 Å². The molecular weight excluding hydrogens is 316 g/mol. The standard InChI is InChI=1S/C19H18N4O2/c1-14-7-9-16(10-8-14)17-18(22-11-12-25-19(22)24)23(21-20-17)13-15-5-3-2-4-6-15/h2-10H,11-13H2,1H3. The van der Waals surface area contributed by atoms with E-state index in [0.29, 0.717) is 31.2 Å². The van der Waals surface area contributed by atoms with E-state index in [9.17, 15) is 4.79 Å². The van der Waals surface area contributed by atoms with Gasteiger partial charge in [0, 0.05) is 5.56 Å². The van der Waals surface area contributed by atoms with E-state index < -0.39 is 0 Å². The molecule has 1 fully saturated rings. The second-order valence-corrected chi connectivity index (χ2v) is 6.04. The van der Waals surface area contributed by atoms with E-state index in [-0.39, 0.29) is 6.09 Å². The topological polar surface area (TPSA) is 60.3 Å². The largest absolute Gasteiger partial charge is 0.447 e. The second kappa shape index (κ2) is 6.39. The molecule has 1 saturated heterocycles. The highest BCUT2D eigenvalue weighted by Gasteiger charge is 2.30. The van der Waals surface area contributed by atoms with Gasteiger partial charge in [0.2, 0.25) is 0 Å². The number of ether oxygens (including phenoxy) is 1. The molecule has 25 heavy (non-hydrogen) atoms. The van der Waals surface area contributed by atoms with Gasteiger partial charge in [0.25, 0.3) is 0 Å². The average molecular weight is 334 g/mol. The number of hydrogen-bond donors (Lipinski definition) is 0. The van der Waals surface area contributed by atoms with Crippen LogP contribution in [0, 0.1) is 6.92 Å². The van der Waals surface area contributed by atoms with Gasteiger partial charge in [0.05, 0.1) is 13.1 Å². The summed E-state index contributed by atoms with van der Waals surface area (Å²) in [7, 11) is 0. The van der Waals surface area contributed by atoms with Crippen molar-refractivity contribution >= 4 is 11.9 Å². The Morgan fingerprint density at radius 1 is 1.08 bits per heavy atom. The first-order chi connectivity index (χ1) is 12.2. The molecule has 6 nitrogen and oxygen atoms in total. The summed E-state index contributed by atoms with van der Waals surface area (Å²) in [6.45, 7) is 3.45. The minimum Gasteiger partial charge on any atom is -0.447 e. The predicted molar refractivity (Wildman–Crippen MR) is 94.4 cm³/mol. The molecule has 0 radical (unpaired) electrons. The summed E-state index contributed by atoms with van der Waals surface area (Å²) in [5, 5.41) is 8.66. The van der Waals surface area contributed by atoms with Gasteiger partial charge in [-0.1, -0.05) is 65.4 Å². The van der Waals surface area contributed by atoms with Crippen LogP contribution in [0.2, 0.25) is 0 Å². The number of cyclic esters (lactones) is 1.